The van der Waals surface area contributed by atoms with Gasteiger partial charge in [0.05, 0.1) is 11.0 Å². The second-order valence-corrected chi connectivity index (χ2v) is 20.0. The van der Waals surface area contributed by atoms with Gasteiger partial charge in [-0.05, 0) is 80.2 Å². The smallest absolute Gasteiger partial charge is 0.246 e. The van der Waals surface area contributed by atoms with Crippen LogP contribution in [0.2, 0.25) is 0 Å². The predicted octanol–water partition coefficient (Wildman–Crippen LogP) is 5.60. The van der Waals surface area contributed by atoms with Gasteiger partial charge >= 0.3 is 0 Å². The molecule has 0 aliphatic carbocycles. The van der Waals surface area contributed by atoms with E-state index in [9.17, 15) is 0 Å². The first-order valence-electron chi connectivity index (χ1n) is 20.8. The van der Waals surface area contributed by atoms with Crippen LogP contribution in [-0.2, 0) is 0 Å². The summed E-state index contributed by atoms with van der Waals surface area (Å²) in [5, 5.41) is 8.59. The van der Waals surface area contributed by atoms with E-state index in [1.54, 1.807) is 0 Å². The van der Waals surface area contributed by atoms with Crippen LogP contribution in [0.25, 0.3) is 27.5 Å². The van der Waals surface area contributed by atoms with Crippen molar-refractivity contribution in [1.82, 2.24) is 4.57 Å². The van der Waals surface area contributed by atoms with Gasteiger partial charge in [0.2, 0.25) is 13.4 Å². The fraction of sp³-hybridized carbons (Fsp3) is 0. The van der Waals surface area contributed by atoms with E-state index in [1.807, 2.05) is 0 Å². The third kappa shape index (κ3) is 4.38. The molecule has 59 heavy (non-hydrogen) atoms. The van der Waals surface area contributed by atoms with Crippen molar-refractivity contribution in [1.29, 1.82) is 0 Å². The number of nitrogens with zero attached hydrogens (tertiary/aromatic N) is 2. The first-order valence-corrected chi connectivity index (χ1v) is 22.8. The Hall–Kier alpha value is -7.07. The standard InChI is InChI=1S/C54H36B2N2Si/c1-2-17-38(18-3-1)58-48-27-12-6-21-42(48)56-45-24-9-15-31-52(45)59(53-32-16-28-49(58)54(53)56)50-29-13-7-22-43(50)55(44-23-8-14-30-51(44)59)37-33-35-39(36-34-37)57-46-25-10-4-19-40(46)41-20-5-11-26-47(41)57/h1-36H. The summed E-state index contributed by atoms with van der Waals surface area (Å²) in [6.45, 7) is 0.232. The molecule has 0 atom stereocenters. The van der Waals surface area contributed by atoms with E-state index in [4.69, 9.17) is 0 Å². The molecular formula is C54H36B2N2Si. The molecule has 0 bridgehead atoms. The van der Waals surface area contributed by atoms with E-state index < -0.39 is 8.07 Å². The van der Waals surface area contributed by atoms with Gasteiger partial charge in [0, 0.05) is 33.5 Å². The van der Waals surface area contributed by atoms with E-state index >= 15 is 0 Å². The number of aromatic nitrogens is 1. The molecular weight excluding hydrogens is 726 g/mol. The number of fused-ring (bicyclic) bond motifs is 13. The molecule has 0 fully saturated rings. The summed E-state index contributed by atoms with van der Waals surface area (Å²) in [5.41, 5.74) is 15.8. The molecule has 0 saturated carbocycles. The number of anilines is 3. The Bertz CT molecular complexity index is 3220. The van der Waals surface area contributed by atoms with Crippen LogP contribution >= 0.6 is 0 Å². The topological polar surface area (TPSA) is 8.17 Å². The number of hydrogen-bond acceptors (Lipinski definition) is 1. The second-order valence-electron chi connectivity index (χ2n) is 16.3. The second kappa shape index (κ2) is 12.5. The lowest BCUT2D eigenvalue weighted by Crippen LogP contribution is -2.93. The Morgan fingerprint density at radius 2 is 0.797 bits per heavy atom. The highest BCUT2D eigenvalue weighted by Gasteiger charge is 2.56. The van der Waals surface area contributed by atoms with Crippen LogP contribution in [0.1, 0.15) is 0 Å². The molecule has 3 aliphatic heterocycles. The lowest BCUT2D eigenvalue weighted by atomic mass is 9.34. The van der Waals surface area contributed by atoms with Gasteiger partial charge in [0.15, 0.2) is 8.07 Å². The fourth-order valence-electron chi connectivity index (χ4n) is 11.5. The molecule has 9 aromatic carbocycles. The fourth-order valence-corrected chi connectivity index (χ4v) is 17.2. The monoisotopic (exact) mass is 762 g/mol. The molecule has 10 aromatic rings. The zero-order valence-corrected chi connectivity index (χ0v) is 33.3. The number of para-hydroxylation sites is 4. The molecule has 1 spiro atoms. The Morgan fingerprint density at radius 1 is 0.322 bits per heavy atom. The molecule has 1 aromatic heterocycles. The average Bonchev–Trinajstić information content (AvgIpc) is 3.65. The van der Waals surface area contributed by atoms with Gasteiger partial charge in [-0.1, -0.05) is 192 Å². The van der Waals surface area contributed by atoms with E-state index in [1.165, 1.54) is 98.1 Å². The van der Waals surface area contributed by atoms with Crippen LogP contribution in [0.5, 0.6) is 0 Å². The van der Waals surface area contributed by atoms with E-state index in [0.29, 0.717) is 0 Å². The Labute approximate surface area is 345 Å². The van der Waals surface area contributed by atoms with Crippen LogP contribution < -0.4 is 58.4 Å². The zero-order chi connectivity index (χ0) is 38.7. The molecule has 0 unspecified atom stereocenters. The molecule has 272 valence electrons. The molecule has 5 heteroatoms. The SMILES string of the molecule is c1ccc(N2c3ccccc3B3c4ccccc4[Si]4(c5ccccc5B(c5ccc(-n6c7ccccc7c7ccccc76)cc5)c5ccccc54)c4cccc2c43)cc1. The van der Waals surface area contributed by atoms with Crippen molar-refractivity contribution < 1.29 is 0 Å². The number of rotatable bonds is 3. The summed E-state index contributed by atoms with van der Waals surface area (Å²) in [7, 11) is -2.88. The first kappa shape index (κ1) is 33.0. The van der Waals surface area contributed by atoms with Gasteiger partial charge in [-0.25, -0.2) is 0 Å². The van der Waals surface area contributed by atoms with Gasteiger partial charge in [0.25, 0.3) is 0 Å². The molecule has 3 aliphatic rings. The summed E-state index contributed by atoms with van der Waals surface area (Å²) in [6, 6.07) is 82.7. The van der Waals surface area contributed by atoms with Crippen molar-refractivity contribution in [2.75, 3.05) is 4.90 Å². The van der Waals surface area contributed by atoms with Crippen LogP contribution in [0, 0.1) is 0 Å². The van der Waals surface area contributed by atoms with Gasteiger partial charge in [-0.2, -0.15) is 0 Å². The summed E-state index contributed by atoms with van der Waals surface area (Å²) in [5.74, 6) is 0. The molecule has 2 nitrogen and oxygen atoms in total. The van der Waals surface area contributed by atoms with Crippen molar-refractivity contribution in [3.63, 3.8) is 0 Å². The molecule has 13 rings (SSSR count). The maximum absolute atomic E-state index is 2.88. The normalized spacial score (nSPS) is 14.1. The lowest BCUT2D eigenvalue weighted by molar-refractivity contribution is 1.18. The predicted molar refractivity (Wildman–Crippen MR) is 255 cm³/mol. The summed E-state index contributed by atoms with van der Waals surface area (Å²) in [6.07, 6.45) is 0. The minimum atomic E-state index is -2.88. The zero-order valence-electron chi connectivity index (χ0n) is 32.3. The highest BCUT2D eigenvalue weighted by atomic mass is 28.3. The van der Waals surface area contributed by atoms with Crippen molar-refractivity contribution in [2.24, 2.45) is 0 Å². The van der Waals surface area contributed by atoms with Gasteiger partial charge in [-0.3, -0.25) is 0 Å². The number of hydrogen-bond donors (Lipinski definition) is 0. The number of benzene rings is 9. The largest absolute Gasteiger partial charge is 0.312 e. The molecule has 0 amide bonds. The van der Waals surface area contributed by atoms with Crippen molar-refractivity contribution >= 4 is 114 Å². The molecule has 4 heterocycles. The van der Waals surface area contributed by atoms with Crippen LogP contribution in [0.3, 0.4) is 0 Å². The van der Waals surface area contributed by atoms with Crippen molar-refractivity contribution in [2.45, 2.75) is 0 Å². The average molecular weight is 763 g/mol. The highest BCUT2D eigenvalue weighted by molar-refractivity contribution is 7.31. The lowest BCUT2D eigenvalue weighted by Gasteiger charge is -2.50. The Balaban J connectivity index is 1.06. The molecule has 0 saturated heterocycles. The van der Waals surface area contributed by atoms with Crippen LogP contribution in [0.4, 0.5) is 17.1 Å². The minimum absolute atomic E-state index is 0.0960. The third-order valence-electron chi connectivity index (χ3n) is 13.6. The van der Waals surface area contributed by atoms with Crippen molar-refractivity contribution in [3.8, 4) is 5.69 Å². The van der Waals surface area contributed by atoms with Gasteiger partial charge < -0.3 is 9.47 Å². The summed E-state index contributed by atoms with van der Waals surface area (Å²) < 4.78 is 2.42. The Morgan fingerprint density at radius 3 is 1.42 bits per heavy atom. The summed E-state index contributed by atoms with van der Waals surface area (Å²) in [4.78, 5) is 2.52. The molecule has 0 N–H and O–H groups in total. The first-order chi connectivity index (χ1) is 29.3. The highest BCUT2D eigenvalue weighted by Crippen LogP contribution is 2.36. The molecule has 0 radical (unpaired) electrons. The van der Waals surface area contributed by atoms with Gasteiger partial charge in [0.1, 0.15) is 0 Å². The van der Waals surface area contributed by atoms with E-state index in [-0.39, 0.29) is 13.4 Å². The van der Waals surface area contributed by atoms with Crippen molar-refractivity contribution in [3.05, 3.63) is 218 Å². The van der Waals surface area contributed by atoms with E-state index in [0.717, 1.165) is 0 Å². The van der Waals surface area contributed by atoms with Gasteiger partial charge in [-0.15, -0.1) is 0 Å². The van der Waals surface area contributed by atoms with Crippen LogP contribution in [-0.4, -0.2) is 26.1 Å². The Kier molecular flexibility index (Phi) is 6.96. The maximum atomic E-state index is 2.52. The quantitative estimate of drug-likeness (QED) is 0.213. The van der Waals surface area contributed by atoms with E-state index in [2.05, 4.69) is 228 Å². The van der Waals surface area contributed by atoms with Crippen LogP contribution in [0.15, 0.2) is 218 Å². The third-order valence-corrected chi connectivity index (χ3v) is 18.6. The minimum Gasteiger partial charge on any atom is -0.312 e. The summed E-state index contributed by atoms with van der Waals surface area (Å²) >= 11 is 0. The maximum Gasteiger partial charge on any atom is 0.246 e.